The molecule has 168 valence electrons. The number of nitrogens with one attached hydrogen (secondary N) is 1. The molecule has 2 N–H and O–H groups in total. The summed E-state index contributed by atoms with van der Waals surface area (Å²) in [6, 6.07) is 8.09. The number of ether oxygens (including phenoxy) is 1. The van der Waals surface area contributed by atoms with E-state index in [1.165, 1.54) is 0 Å². The van der Waals surface area contributed by atoms with Crippen LogP contribution in [0.5, 0.6) is 5.75 Å². The molecule has 2 aliphatic rings. The number of methoxy groups -OCH3 is 1. The second kappa shape index (κ2) is 9.01. The third-order valence-corrected chi connectivity index (χ3v) is 7.02. The van der Waals surface area contributed by atoms with Gasteiger partial charge in [0.1, 0.15) is 5.75 Å². The Morgan fingerprint density at radius 2 is 2.06 bits per heavy atom. The third-order valence-electron chi connectivity index (χ3n) is 7.02. The summed E-state index contributed by atoms with van der Waals surface area (Å²) >= 11 is 0. The van der Waals surface area contributed by atoms with Gasteiger partial charge in [-0.15, -0.1) is 0 Å². The number of hydrogen-bond acceptors (Lipinski definition) is 5. The maximum Gasteiger partial charge on any atom is 0.238 e. The van der Waals surface area contributed by atoms with Crippen LogP contribution in [0.1, 0.15) is 56.3 Å². The van der Waals surface area contributed by atoms with E-state index >= 15 is 0 Å². The normalized spacial score (nSPS) is 26.3. The molecule has 0 spiro atoms. The number of anilines is 1. The van der Waals surface area contributed by atoms with Crippen molar-refractivity contribution in [3.05, 3.63) is 41.7 Å². The molecular weight excluding hydrogens is 392 g/mol. The summed E-state index contributed by atoms with van der Waals surface area (Å²) in [5.74, 6) is 0.894. The molecule has 2 heterocycles. The zero-order valence-electron chi connectivity index (χ0n) is 18.8. The molecule has 2 fully saturated rings. The fourth-order valence-electron chi connectivity index (χ4n) is 5.34. The molecule has 0 radical (unpaired) electrons. The molecule has 1 aromatic heterocycles. The fourth-order valence-corrected chi connectivity index (χ4v) is 5.34. The molecule has 2 aromatic rings. The quantitative estimate of drug-likeness (QED) is 0.739. The van der Waals surface area contributed by atoms with Crippen LogP contribution < -0.4 is 10.1 Å². The van der Waals surface area contributed by atoms with Crippen LogP contribution in [-0.2, 0) is 11.3 Å². The smallest absolute Gasteiger partial charge is 0.238 e. The lowest BCUT2D eigenvalue weighted by molar-refractivity contribution is -0.135. The third kappa shape index (κ3) is 4.48. The van der Waals surface area contributed by atoms with Crippen molar-refractivity contribution in [3.8, 4) is 5.75 Å². The second-order valence-electron chi connectivity index (χ2n) is 8.93. The zero-order valence-corrected chi connectivity index (χ0v) is 18.8. The molecule has 3 atom stereocenters. The van der Waals surface area contributed by atoms with E-state index in [2.05, 4.69) is 27.4 Å². The highest BCUT2D eigenvalue weighted by molar-refractivity contribution is 5.92. The summed E-state index contributed by atoms with van der Waals surface area (Å²) in [6.07, 6.45) is 6.61. The van der Waals surface area contributed by atoms with E-state index in [9.17, 15) is 9.90 Å². The van der Waals surface area contributed by atoms with E-state index in [0.717, 1.165) is 54.9 Å². The average Bonchev–Trinajstić information content (AvgIpc) is 3.13. The summed E-state index contributed by atoms with van der Waals surface area (Å²) in [7, 11) is 1.66. The highest BCUT2D eigenvalue weighted by atomic mass is 16.5. The Labute approximate surface area is 184 Å². The van der Waals surface area contributed by atoms with Crippen molar-refractivity contribution in [2.24, 2.45) is 5.92 Å². The number of aromatic nitrogens is 2. The van der Waals surface area contributed by atoms with Crippen molar-refractivity contribution in [1.82, 2.24) is 14.7 Å². The fraction of sp³-hybridized carbons (Fsp3) is 0.583. The number of carbonyl (C=O) groups excluding carboxylic acids is 1. The van der Waals surface area contributed by atoms with E-state index in [1.807, 2.05) is 36.9 Å². The number of amides is 1. The minimum Gasteiger partial charge on any atom is -0.497 e. The van der Waals surface area contributed by atoms with Crippen molar-refractivity contribution in [2.45, 2.75) is 64.1 Å². The average molecular weight is 427 g/mol. The molecule has 1 amide bonds. The number of nitrogens with zero attached hydrogens (tertiary/aromatic N) is 3. The van der Waals surface area contributed by atoms with Gasteiger partial charge in [0.2, 0.25) is 5.91 Å². The van der Waals surface area contributed by atoms with Gasteiger partial charge in [0.05, 0.1) is 30.6 Å². The molecule has 1 aliphatic carbocycles. The van der Waals surface area contributed by atoms with Crippen LogP contribution in [-0.4, -0.2) is 51.5 Å². The van der Waals surface area contributed by atoms with Gasteiger partial charge < -0.3 is 15.2 Å². The van der Waals surface area contributed by atoms with E-state index in [-0.39, 0.29) is 17.9 Å². The van der Waals surface area contributed by atoms with E-state index in [0.29, 0.717) is 19.5 Å². The summed E-state index contributed by atoms with van der Waals surface area (Å²) in [6.45, 7) is 5.69. The van der Waals surface area contributed by atoms with Gasteiger partial charge in [-0.1, -0.05) is 25.0 Å². The molecule has 1 aliphatic heterocycles. The van der Waals surface area contributed by atoms with Crippen molar-refractivity contribution in [3.63, 3.8) is 0 Å². The first-order valence-electron chi connectivity index (χ1n) is 11.4. The highest BCUT2D eigenvalue weighted by Gasteiger charge is 2.49. The van der Waals surface area contributed by atoms with Gasteiger partial charge in [-0.25, -0.2) is 0 Å². The number of piperidine rings is 1. The summed E-state index contributed by atoms with van der Waals surface area (Å²) < 4.78 is 7.16. The Morgan fingerprint density at radius 3 is 2.74 bits per heavy atom. The lowest BCUT2D eigenvalue weighted by Gasteiger charge is -2.52. The van der Waals surface area contributed by atoms with Gasteiger partial charge in [-0.3, -0.25) is 14.4 Å². The SMILES string of the molecule is CCn1cc(NC(=O)CN2CC[C@]3(O)CCCC[C@@H]3[C@H]2c2ccc(OC)cc2)c(C)n1. The first kappa shape index (κ1) is 21.8. The number of aryl methyl sites for hydroxylation is 2. The predicted molar refractivity (Wildman–Crippen MR) is 120 cm³/mol. The van der Waals surface area contributed by atoms with Crippen LogP contribution in [0.4, 0.5) is 5.69 Å². The molecule has 7 heteroatoms. The van der Waals surface area contributed by atoms with Gasteiger partial charge in [0.25, 0.3) is 0 Å². The Bertz CT molecular complexity index is 910. The first-order valence-corrected chi connectivity index (χ1v) is 11.4. The molecule has 7 nitrogen and oxygen atoms in total. The Kier molecular flexibility index (Phi) is 6.34. The lowest BCUT2D eigenvalue weighted by Crippen LogP contribution is -2.56. The van der Waals surface area contributed by atoms with Crippen molar-refractivity contribution >= 4 is 11.6 Å². The van der Waals surface area contributed by atoms with E-state index < -0.39 is 5.60 Å². The summed E-state index contributed by atoms with van der Waals surface area (Å²) in [4.78, 5) is 15.2. The molecule has 1 aromatic carbocycles. The van der Waals surface area contributed by atoms with Crippen LogP contribution in [0.15, 0.2) is 30.5 Å². The number of carbonyl (C=O) groups is 1. The van der Waals surface area contributed by atoms with Gasteiger partial charge >= 0.3 is 0 Å². The number of hydrogen-bond donors (Lipinski definition) is 2. The van der Waals surface area contributed by atoms with Gasteiger partial charge in [-0.2, -0.15) is 5.10 Å². The maximum absolute atomic E-state index is 13.0. The number of rotatable bonds is 6. The summed E-state index contributed by atoms with van der Waals surface area (Å²) in [5.41, 5.74) is 2.07. The maximum atomic E-state index is 13.0. The predicted octanol–water partition coefficient (Wildman–Crippen LogP) is 3.53. The number of fused-ring (bicyclic) bond motifs is 1. The van der Waals surface area contributed by atoms with Crippen LogP contribution in [0, 0.1) is 12.8 Å². The Balaban J connectivity index is 1.56. The number of likely N-dealkylation sites (tertiary alicyclic amines) is 1. The molecule has 0 bridgehead atoms. The molecule has 31 heavy (non-hydrogen) atoms. The zero-order chi connectivity index (χ0) is 22.0. The first-order chi connectivity index (χ1) is 14.9. The monoisotopic (exact) mass is 426 g/mol. The van der Waals surface area contributed by atoms with E-state index in [1.54, 1.807) is 7.11 Å². The molecular formula is C24H34N4O3. The number of benzene rings is 1. The van der Waals surface area contributed by atoms with Gasteiger partial charge in [-0.05, 0) is 50.8 Å². The van der Waals surface area contributed by atoms with Gasteiger partial charge in [0, 0.05) is 31.2 Å². The topological polar surface area (TPSA) is 79.6 Å². The Hall–Kier alpha value is -2.38. The minimum atomic E-state index is -0.644. The van der Waals surface area contributed by atoms with Crippen molar-refractivity contribution < 1.29 is 14.6 Å². The second-order valence-corrected chi connectivity index (χ2v) is 8.93. The molecule has 1 saturated carbocycles. The largest absolute Gasteiger partial charge is 0.497 e. The van der Waals surface area contributed by atoms with Crippen molar-refractivity contribution in [2.75, 3.05) is 25.5 Å². The van der Waals surface area contributed by atoms with Crippen LogP contribution >= 0.6 is 0 Å². The molecule has 0 unspecified atom stereocenters. The lowest BCUT2D eigenvalue weighted by atomic mass is 9.66. The van der Waals surface area contributed by atoms with Crippen LogP contribution in [0.2, 0.25) is 0 Å². The van der Waals surface area contributed by atoms with E-state index in [4.69, 9.17) is 4.74 Å². The summed E-state index contributed by atoms with van der Waals surface area (Å²) in [5, 5.41) is 18.9. The van der Waals surface area contributed by atoms with Gasteiger partial charge in [0.15, 0.2) is 0 Å². The number of aliphatic hydroxyl groups is 1. The van der Waals surface area contributed by atoms with Crippen LogP contribution in [0.3, 0.4) is 0 Å². The standard InChI is InChI=1S/C24H34N4O3/c1-4-28-15-21(17(2)26-28)25-22(29)16-27-14-13-24(30)12-6-5-7-20(24)23(27)18-8-10-19(31-3)11-9-18/h8-11,15,20,23,30H,4-7,12-14,16H2,1-3H3,(H,25,29)/t20-,23-,24-/m1/s1. The Morgan fingerprint density at radius 1 is 1.29 bits per heavy atom. The minimum absolute atomic E-state index is 0.00941. The highest BCUT2D eigenvalue weighted by Crippen LogP contribution is 2.49. The van der Waals surface area contributed by atoms with Crippen LogP contribution in [0.25, 0.3) is 0 Å². The molecule has 1 saturated heterocycles. The van der Waals surface area contributed by atoms with Crippen molar-refractivity contribution in [1.29, 1.82) is 0 Å². The molecule has 4 rings (SSSR count).